The normalized spacial score (nSPS) is 20.2. The third-order valence-corrected chi connectivity index (χ3v) is 6.52. The Balaban J connectivity index is 1.68. The number of aliphatic carboxylic acids is 1. The molecule has 3 N–H and O–H groups in total. The Morgan fingerprint density at radius 3 is 2.60 bits per heavy atom. The van der Waals surface area contributed by atoms with E-state index in [1.165, 1.54) is 17.0 Å². The molecule has 190 valence electrons. The lowest BCUT2D eigenvalue weighted by atomic mass is 9.98. The number of nitrogens with zero attached hydrogens (tertiary/aromatic N) is 1. The molecule has 1 aliphatic rings. The molecule has 1 fully saturated rings. The summed E-state index contributed by atoms with van der Waals surface area (Å²) in [4.78, 5) is 25.9. The molecule has 1 aliphatic carbocycles. The number of nitrogens with one attached hydrogen (secondary N) is 1. The van der Waals surface area contributed by atoms with Crippen LogP contribution in [0.25, 0.3) is 0 Å². The van der Waals surface area contributed by atoms with E-state index in [9.17, 15) is 24.2 Å². The van der Waals surface area contributed by atoms with E-state index >= 15 is 0 Å². The third kappa shape index (κ3) is 7.93. The van der Waals surface area contributed by atoms with Crippen molar-refractivity contribution < 1.29 is 28.9 Å². The van der Waals surface area contributed by atoms with Gasteiger partial charge in [0.1, 0.15) is 18.1 Å². The van der Waals surface area contributed by atoms with Gasteiger partial charge in [-0.1, -0.05) is 28.1 Å². The summed E-state index contributed by atoms with van der Waals surface area (Å²) in [6.07, 6.45) is 1.20. The van der Waals surface area contributed by atoms with Crippen LogP contribution in [0.1, 0.15) is 45.1 Å². The number of benzene rings is 2. The molecule has 0 spiro atoms. The number of aliphatic hydroxyl groups excluding tert-OH is 1. The molecule has 0 bridgehead atoms. The molecule has 0 aliphatic heterocycles. The molecule has 35 heavy (non-hydrogen) atoms. The van der Waals surface area contributed by atoms with Gasteiger partial charge in [-0.05, 0) is 63.8 Å². The first-order chi connectivity index (χ1) is 16.6. The molecule has 0 saturated heterocycles. The molecule has 1 amide bonds. The van der Waals surface area contributed by atoms with E-state index in [2.05, 4.69) is 21.2 Å². The Bertz CT molecular complexity index is 1030. The monoisotopic (exact) mass is 550 g/mol. The number of carboxylic acids is 1. The van der Waals surface area contributed by atoms with Crippen molar-refractivity contribution in [1.82, 2.24) is 4.90 Å². The Morgan fingerprint density at radius 1 is 1.17 bits per heavy atom. The maximum atomic E-state index is 14.4. The fourth-order valence-electron chi connectivity index (χ4n) is 4.34. The number of carboxylic acid groups (broad SMARTS) is 1. The summed E-state index contributed by atoms with van der Waals surface area (Å²) in [5.41, 5.74) is 1.06. The topological polar surface area (TPSA) is 99.1 Å². The molecule has 0 aromatic heterocycles. The van der Waals surface area contributed by atoms with Crippen LogP contribution in [0.5, 0.6) is 5.75 Å². The highest BCUT2D eigenvalue weighted by molar-refractivity contribution is 9.10. The standard InChI is InChI=1S/C26H32BrFN2O5/c1-16(2)35-21-5-3-4-20(13-21)29-23-10-7-17(8-11-24(23)31)26(34)30(15-25(32)33)14-18-6-9-19(27)12-22(18)28/h3-6,9,12-13,16-17,23-24,29,31H,7-8,10-11,14-15H2,1-2H3,(H,32,33)/t17-,23+,24+/m1/s1. The van der Waals surface area contributed by atoms with Crippen molar-refractivity contribution >= 4 is 33.5 Å². The van der Waals surface area contributed by atoms with E-state index in [-0.39, 0.29) is 30.2 Å². The van der Waals surface area contributed by atoms with Crippen molar-refractivity contribution in [1.29, 1.82) is 0 Å². The van der Waals surface area contributed by atoms with Crippen LogP contribution < -0.4 is 10.1 Å². The zero-order valence-corrected chi connectivity index (χ0v) is 21.5. The predicted octanol–water partition coefficient (Wildman–Crippen LogP) is 4.82. The van der Waals surface area contributed by atoms with Gasteiger partial charge in [-0.2, -0.15) is 0 Å². The molecule has 7 nitrogen and oxygen atoms in total. The number of anilines is 1. The number of carbonyl (C=O) groups excluding carboxylic acids is 1. The van der Waals surface area contributed by atoms with Crippen molar-refractivity contribution in [3.63, 3.8) is 0 Å². The Kier molecular flexibility index (Phi) is 9.51. The molecule has 9 heteroatoms. The lowest BCUT2D eigenvalue weighted by Crippen LogP contribution is -2.39. The van der Waals surface area contributed by atoms with Gasteiger partial charge in [-0.3, -0.25) is 9.59 Å². The van der Waals surface area contributed by atoms with E-state index in [0.29, 0.717) is 30.2 Å². The highest BCUT2D eigenvalue weighted by Crippen LogP contribution is 2.29. The van der Waals surface area contributed by atoms with Crippen LogP contribution in [0.3, 0.4) is 0 Å². The first kappa shape index (κ1) is 26.9. The summed E-state index contributed by atoms with van der Waals surface area (Å²) in [5.74, 6) is -1.73. The number of hydrogen-bond donors (Lipinski definition) is 3. The van der Waals surface area contributed by atoms with Crippen LogP contribution in [0.2, 0.25) is 0 Å². The minimum atomic E-state index is -1.16. The lowest BCUT2D eigenvalue weighted by Gasteiger charge is -2.26. The van der Waals surface area contributed by atoms with E-state index in [1.54, 1.807) is 6.07 Å². The first-order valence-corrected chi connectivity index (χ1v) is 12.6. The third-order valence-electron chi connectivity index (χ3n) is 6.02. The number of ether oxygens (including phenoxy) is 1. The van der Waals surface area contributed by atoms with Crippen LogP contribution in [-0.4, -0.2) is 51.8 Å². The molecule has 2 aromatic rings. The molecule has 2 aromatic carbocycles. The fourth-order valence-corrected chi connectivity index (χ4v) is 4.67. The van der Waals surface area contributed by atoms with Crippen molar-refractivity contribution in [2.24, 2.45) is 5.92 Å². The Labute approximate surface area is 213 Å². The molecular weight excluding hydrogens is 519 g/mol. The first-order valence-electron chi connectivity index (χ1n) is 11.8. The van der Waals surface area contributed by atoms with Crippen LogP contribution >= 0.6 is 15.9 Å². The number of carbonyl (C=O) groups is 2. The van der Waals surface area contributed by atoms with E-state index < -0.39 is 30.4 Å². The van der Waals surface area contributed by atoms with Crippen LogP contribution in [0, 0.1) is 11.7 Å². The van der Waals surface area contributed by atoms with Gasteiger partial charge in [0, 0.05) is 34.3 Å². The fraction of sp³-hybridized carbons (Fsp3) is 0.462. The average molecular weight is 551 g/mol. The molecule has 3 atom stereocenters. The van der Waals surface area contributed by atoms with Crippen LogP contribution in [0.4, 0.5) is 10.1 Å². The van der Waals surface area contributed by atoms with E-state index in [0.717, 1.165) is 11.4 Å². The largest absolute Gasteiger partial charge is 0.491 e. The summed E-state index contributed by atoms with van der Waals surface area (Å²) >= 11 is 3.20. The molecule has 1 saturated carbocycles. The second-order valence-electron chi connectivity index (χ2n) is 9.19. The molecule has 3 rings (SSSR count). The van der Waals surface area contributed by atoms with Crippen molar-refractivity contribution in [2.75, 3.05) is 11.9 Å². The SMILES string of the molecule is CC(C)Oc1cccc(N[C@H]2CC[C@@H](C(=O)N(CC(=O)O)Cc3ccc(Br)cc3F)CC[C@@H]2O)c1. The van der Waals surface area contributed by atoms with Gasteiger partial charge in [-0.25, -0.2) is 4.39 Å². The second kappa shape index (κ2) is 12.4. The van der Waals surface area contributed by atoms with Gasteiger partial charge in [0.25, 0.3) is 0 Å². The summed E-state index contributed by atoms with van der Waals surface area (Å²) in [6, 6.07) is 11.7. The van der Waals surface area contributed by atoms with Crippen molar-refractivity contribution in [2.45, 2.75) is 64.3 Å². The average Bonchev–Trinajstić information content (AvgIpc) is 2.96. The Morgan fingerprint density at radius 2 is 1.91 bits per heavy atom. The zero-order chi connectivity index (χ0) is 25.5. The number of halogens is 2. The number of aliphatic hydroxyl groups is 1. The predicted molar refractivity (Wildman–Crippen MR) is 135 cm³/mol. The van der Waals surface area contributed by atoms with Gasteiger partial charge in [-0.15, -0.1) is 0 Å². The second-order valence-corrected chi connectivity index (χ2v) is 10.1. The van der Waals surface area contributed by atoms with Gasteiger partial charge in [0.05, 0.1) is 18.2 Å². The van der Waals surface area contributed by atoms with Gasteiger partial charge < -0.3 is 25.2 Å². The molecule has 0 heterocycles. The molecule has 0 unspecified atom stereocenters. The van der Waals surface area contributed by atoms with Gasteiger partial charge >= 0.3 is 5.97 Å². The Hall–Kier alpha value is -2.65. The molecule has 0 radical (unpaired) electrons. The maximum Gasteiger partial charge on any atom is 0.323 e. The minimum absolute atomic E-state index is 0.0418. The lowest BCUT2D eigenvalue weighted by molar-refractivity contribution is -0.147. The smallest absolute Gasteiger partial charge is 0.323 e. The zero-order valence-electron chi connectivity index (χ0n) is 19.9. The summed E-state index contributed by atoms with van der Waals surface area (Å²) in [6.45, 7) is 3.25. The van der Waals surface area contributed by atoms with E-state index in [4.69, 9.17) is 4.74 Å². The minimum Gasteiger partial charge on any atom is -0.491 e. The highest BCUT2D eigenvalue weighted by atomic mass is 79.9. The van der Waals surface area contributed by atoms with E-state index in [1.807, 2.05) is 38.1 Å². The van der Waals surface area contributed by atoms with Crippen molar-refractivity contribution in [3.8, 4) is 5.75 Å². The summed E-state index contributed by atoms with van der Waals surface area (Å²) < 4.78 is 20.7. The van der Waals surface area contributed by atoms with Crippen LogP contribution in [0.15, 0.2) is 46.9 Å². The van der Waals surface area contributed by atoms with Gasteiger partial charge in [0.2, 0.25) is 5.91 Å². The number of hydrogen-bond acceptors (Lipinski definition) is 5. The van der Waals surface area contributed by atoms with Gasteiger partial charge in [0.15, 0.2) is 0 Å². The molecular formula is C26H32BrFN2O5. The van der Waals surface area contributed by atoms with Crippen molar-refractivity contribution in [3.05, 3.63) is 58.3 Å². The number of amides is 1. The number of rotatable bonds is 9. The quantitative estimate of drug-likeness (QED) is 0.387. The maximum absolute atomic E-state index is 14.4. The highest BCUT2D eigenvalue weighted by Gasteiger charge is 2.32. The summed E-state index contributed by atoms with van der Waals surface area (Å²) in [5, 5.41) is 23.4. The van der Waals surface area contributed by atoms with Crippen LogP contribution in [-0.2, 0) is 16.1 Å². The summed E-state index contributed by atoms with van der Waals surface area (Å²) in [7, 11) is 0.